The molecular formula is C40H82O7Si4. The minimum Gasteiger partial charge on any atom is -0.498 e. The summed E-state index contributed by atoms with van der Waals surface area (Å²) >= 11 is 0. The first-order valence-corrected chi connectivity index (χ1v) is 31.6. The lowest BCUT2D eigenvalue weighted by atomic mass is 9.93. The van der Waals surface area contributed by atoms with E-state index in [0.717, 1.165) is 26.1 Å². The van der Waals surface area contributed by atoms with Crippen LogP contribution in [0.4, 0.5) is 0 Å². The highest BCUT2D eigenvalue weighted by atomic mass is 28.4. The number of rotatable bonds is 10. The zero-order valence-corrected chi connectivity index (χ0v) is 40.8. The Labute approximate surface area is 319 Å². The summed E-state index contributed by atoms with van der Waals surface area (Å²) in [6.07, 6.45) is 6.94. The highest BCUT2D eigenvalue weighted by molar-refractivity contribution is 6.75. The lowest BCUT2D eigenvalue weighted by molar-refractivity contribution is -0.0947. The lowest BCUT2D eigenvalue weighted by Crippen LogP contribution is -2.47. The Balaban J connectivity index is 0.000000276. The summed E-state index contributed by atoms with van der Waals surface area (Å²) in [6, 6.07) is 0. The molecule has 1 unspecified atom stereocenters. The van der Waals surface area contributed by atoms with Gasteiger partial charge >= 0.3 is 0 Å². The first-order valence-electron chi connectivity index (χ1n) is 20.0. The Kier molecular flexibility index (Phi) is 13.9. The molecule has 0 radical (unpaired) electrons. The van der Waals surface area contributed by atoms with Crippen LogP contribution in [0.25, 0.3) is 0 Å². The van der Waals surface area contributed by atoms with Crippen molar-refractivity contribution >= 4 is 33.3 Å². The Hall–Kier alpha value is 0.168. The van der Waals surface area contributed by atoms with Crippen LogP contribution >= 0.6 is 0 Å². The molecule has 0 spiro atoms. The molecule has 0 aromatic rings. The van der Waals surface area contributed by atoms with Crippen molar-refractivity contribution in [1.82, 2.24) is 0 Å². The smallest absolute Gasteiger partial charge is 0.192 e. The molecule has 0 aromatic heterocycles. The molecule has 51 heavy (non-hydrogen) atoms. The van der Waals surface area contributed by atoms with Crippen LogP contribution in [0.3, 0.4) is 0 Å². The van der Waals surface area contributed by atoms with E-state index in [2.05, 4.69) is 142 Å². The van der Waals surface area contributed by atoms with Crippen molar-refractivity contribution in [2.24, 2.45) is 23.7 Å². The summed E-state index contributed by atoms with van der Waals surface area (Å²) in [6.45, 7) is 47.7. The molecule has 1 N–H and O–H groups in total. The van der Waals surface area contributed by atoms with Gasteiger partial charge in [-0.2, -0.15) is 0 Å². The maximum atomic E-state index is 9.97. The second-order valence-electron chi connectivity index (χ2n) is 22.4. The predicted molar refractivity (Wildman–Crippen MR) is 223 cm³/mol. The minimum absolute atomic E-state index is 0.118. The molecule has 1 saturated heterocycles. The third-order valence-corrected chi connectivity index (χ3v) is 32.6. The molecule has 2 heterocycles. The second kappa shape index (κ2) is 15.6. The van der Waals surface area contributed by atoms with Crippen LogP contribution in [0.15, 0.2) is 12.3 Å². The van der Waals surface area contributed by atoms with Gasteiger partial charge in [-0.3, -0.25) is 0 Å². The van der Waals surface area contributed by atoms with Gasteiger partial charge in [0.2, 0.25) is 0 Å². The molecule has 11 heteroatoms. The monoisotopic (exact) mass is 787 g/mol. The van der Waals surface area contributed by atoms with E-state index in [-0.39, 0.29) is 44.6 Å². The van der Waals surface area contributed by atoms with Crippen LogP contribution in [0.1, 0.15) is 102 Å². The molecule has 300 valence electrons. The first-order chi connectivity index (χ1) is 22.7. The van der Waals surface area contributed by atoms with Gasteiger partial charge in [0.25, 0.3) is 0 Å². The molecule has 0 amide bonds. The molecule has 7 nitrogen and oxygen atoms in total. The fourth-order valence-corrected chi connectivity index (χ4v) is 11.6. The van der Waals surface area contributed by atoms with Crippen LogP contribution in [0.2, 0.25) is 72.5 Å². The van der Waals surface area contributed by atoms with E-state index in [0.29, 0.717) is 30.1 Å². The average Bonchev–Trinajstić information content (AvgIpc) is 3.65. The maximum absolute atomic E-state index is 9.97. The van der Waals surface area contributed by atoms with E-state index in [9.17, 15) is 5.11 Å². The van der Waals surface area contributed by atoms with Crippen molar-refractivity contribution < 1.29 is 32.3 Å². The number of aliphatic hydroxyl groups is 1. The predicted octanol–water partition coefficient (Wildman–Crippen LogP) is 11.1. The SMILES string of the molecule is CC(C)(C)[Si](C)(C)OC[C@@H]1[C@H]2C=CO[C@H]2C[C@H]1O[Si](C)(C)C(C)(C)C.CC(C)(C)[Si](C)(C)OC[C@@H]1[C@H]2CC(O)O[C@H]2C[C@H]1O[Si](C)(C)C(C)(C)C. The van der Waals surface area contributed by atoms with Gasteiger partial charge in [-0.25, -0.2) is 0 Å². The largest absolute Gasteiger partial charge is 0.498 e. The van der Waals surface area contributed by atoms with Gasteiger partial charge in [0.15, 0.2) is 39.6 Å². The number of aliphatic hydroxyl groups excluding tert-OH is 1. The van der Waals surface area contributed by atoms with Gasteiger partial charge in [0, 0.05) is 43.8 Å². The Morgan fingerprint density at radius 3 is 1.39 bits per heavy atom. The molecule has 4 aliphatic rings. The minimum atomic E-state index is -1.85. The maximum Gasteiger partial charge on any atom is 0.192 e. The topological polar surface area (TPSA) is 75.6 Å². The summed E-state index contributed by atoms with van der Waals surface area (Å²) < 4.78 is 38.5. The van der Waals surface area contributed by atoms with E-state index in [4.69, 9.17) is 27.2 Å². The molecule has 0 aromatic carbocycles. The average molecular weight is 787 g/mol. The molecule has 2 aliphatic carbocycles. The van der Waals surface area contributed by atoms with E-state index < -0.39 is 39.6 Å². The van der Waals surface area contributed by atoms with Crippen molar-refractivity contribution in [3.05, 3.63) is 12.3 Å². The van der Waals surface area contributed by atoms with Gasteiger partial charge < -0.3 is 32.3 Å². The number of ether oxygens (including phenoxy) is 2. The Morgan fingerprint density at radius 1 is 0.569 bits per heavy atom. The lowest BCUT2D eigenvalue weighted by Gasteiger charge is -2.42. The summed E-state index contributed by atoms with van der Waals surface area (Å²) in [4.78, 5) is 0. The molecule has 3 fully saturated rings. The molecule has 0 bridgehead atoms. The molecule has 2 saturated carbocycles. The van der Waals surface area contributed by atoms with Crippen molar-refractivity contribution in [3.8, 4) is 0 Å². The zero-order valence-electron chi connectivity index (χ0n) is 36.8. The van der Waals surface area contributed by atoms with Gasteiger partial charge in [-0.05, 0) is 90.9 Å². The zero-order chi connectivity index (χ0) is 39.4. The fourth-order valence-electron chi connectivity index (χ4n) is 6.71. The van der Waals surface area contributed by atoms with Crippen molar-refractivity contribution in [2.75, 3.05) is 13.2 Å². The fraction of sp³-hybridized carbons (Fsp3) is 0.950. The second-order valence-corrected chi connectivity index (χ2v) is 41.5. The number of fused-ring (bicyclic) bond motifs is 2. The highest BCUT2D eigenvalue weighted by Gasteiger charge is 2.54. The molecular weight excluding hydrogens is 705 g/mol. The van der Waals surface area contributed by atoms with E-state index in [1.165, 1.54) is 0 Å². The van der Waals surface area contributed by atoms with Gasteiger partial charge in [0.05, 0.1) is 24.6 Å². The normalized spacial score (nSPS) is 32.1. The first kappa shape index (κ1) is 45.6. The Bertz CT molecular complexity index is 1180. The van der Waals surface area contributed by atoms with Crippen molar-refractivity contribution in [2.45, 2.75) is 206 Å². The summed E-state index contributed by atoms with van der Waals surface area (Å²) in [5, 5.41) is 10.8. The third-order valence-electron chi connectivity index (χ3n) is 14.6. The third kappa shape index (κ3) is 10.7. The van der Waals surface area contributed by atoms with Gasteiger partial charge in [0.1, 0.15) is 6.10 Å². The Morgan fingerprint density at radius 2 is 0.961 bits per heavy atom. The summed E-state index contributed by atoms with van der Waals surface area (Å²) in [5.41, 5.74) is 0. The van der Waals surface area contributed by atoms with Crippen LogP contribution in [-0.2, 0) is 27.2 Å². The molecule has 4 rings (SSSR count). The standard InChI is InChI=1S/C20H42O4Si2.C20H40O3Si2/c1-19(2,3)25(7,8)22-13-15-14-11-18(21)23-16(14)12-17(15)24-26(9,10)20(4,5)6;1-19(2,3)24(7,8)22-14-16-15-11-12-21-17(15)13-18(16)23-25(9,10)20(4,5)6/h14-18,21H,11-13H2,1-10H3;11-12,15-18H,13-14H2,1-10H3/t14-,15-,16+,17-,18?;15-,16-,17+,18-/m11/s1. The van der Waals surface area contributed by atoms with Crippen molar-refractivity contribution in [1.29, 1.82) is 0 Å². The van der Waals surface area contributed by atoms with E-state index >= 15 is 0 Å². The molecule has 9 atom stereocenters. The van der Waals surface area contributed by atoms with Crippen LogP contribution < -0.4 is 0 Å². The quantitative estimate of drug-likeness (QED) is 0.221. The number of hydrogen-bond donors (Lipinski definition) is 1. The number of hydrogen-bond acceptors (Lipinski definition) is 7. The van der Waals surface area contributed by atoms with Gasteiger partial charge in [-0.1, -0.05) is 83.1 Å². The van der Waals surface area contributed by atoms with E-state index in [1.807, 2.05) is 6.26 Å². The van der Waals surface area contributed by atoms with Crippen LogP contribution in [-0.4, -0.2) is 82.3 Å². The van der Waals surface area contributed by atoms with Crippen molar-refractivity contribution in [3.63, 3.8) is 0 Å². The van der Waals surface area contributed by atoms with E-state index in [1.54, 1.807) is 0 Å². The van der Waals surface area contributed by atoms with Crippen LogP contribution in [0.5, 0.6) is 0 Å². The summed E-state index contributed by atoms with van der Waals surface area (Å²) in [7, 11) is -7.20. The highest BCUT2D eigenvalue weighted by Crippen LogP contribution is 2.49. The van der Waals surface area contributed by atoms with Crippen LogP contribution in [0, 0.1) is 23.7 Å². The molecule has 2 aliphatic heterocycles. The summed E-state index contributed by atoms with van der Waals surface area (Å²) in [5.74, 6) is 1.52. The van der Waals surface area contributed by atoms with Gasteiger partial charge in [-0.15, -0.1) is 0 Å².